The SMILES string of the molecule is CN(C)CCOCCOCCOCCOCCOCCOCCOCCOCCOCCOCCOCCOc1ccc(C=O)cc1. The van der Waals surface area contributed by atoms with Crippen LogP contribution in [0, 0.1) is 0 Å². The lowest BCUT2D eigenvalue weighted by Gasteiger charge is -2.10. The Bertz CT molecular complexity index is 773. The van der Waals surface area contributed by atoms with E-state index in [9.17, 15) is 4.79 Å². The topological polar surface area (TPSA) is 131 Å². The molecule has 1 aromatic carbocycles. The number of likely N-dealkylation sites (N-methyl/N-ethyl adjacent to an activating group) is 1. The predicted octanol–water partition coefficient (Wildman–Crippen LogP) is 1.62. The minimum absolute atomic E-state index is 0.431. The fourth-order valence-electron chi connectivity index (χ4n) is 3.41. The van der Waals surface area contributed by atoms with Crippen molar-refractivity contribution >= 4 is 6.29 Å². The van der Waals surface area contributed by atoms with E-state index in [1.807, 2.05) is 14.1 Å². The molecule has 0 aliphatic rings. The van der Waals surface area contributed by atoms with Crippen LogP contribution in [0.5, 0.6) is 5.75 Å². The largest absolute Gasteiger partial charge is 0.491 e. The molecule has 1 aromatic rings. The number of rotatable bonds is 38. The molecule has 0 aliphatic carbocycles. The number of hydrogen-bond donors (Lipinski definition) is 0. The molecule has 0 N–H and O–H groups in total. The normalized spacial score (nSPS) is 11.5. The van der Waals surface area contributed by atoms with Gasteiger partial charge < -0.3 is 61.7 Å². The van der Waals surface area contributed by atoms with Crippen LogP contribution in [0.15, 0.2) is 24.3 Å². The molecular formula is C33H59NO13. The van der Waals surface area contributed by atoms with E-state index in [0.29, 0.717) is 163 Å². The van der Waals surface area contributed by atoms with Crippen molar-refractivity contribution in [1.82, 2.24) is 4.90 Å². The second-order valence-electron chi connectivity index (χ2n) is 10.1. The molecule has 14 nitrogen and oxygen atoms in total. The molecule has 0 spiro atoms. The van der Waals surface area contributed by atoms with Gasteiger partial charge in [-0.2, -0.15) is 0 Å². The summed E-state index contributed by atoms with van der Waals surface area (Å²) in [5.74, 6) is 0.704. The number of aldehydes is 1. The number of ether oxygens (including phenoxy) is 12. The van der Waals surface area contributed by atoms with Crippen LogP contribution >= 0.6 is 0 Å². The first-order valence-corrected chi connectivity index (χ1v) is 16.4. The molecule has 1 rings (SSSR count). The average Bonchev–Trinajstić information content (AvgIpc) is 3.08. The second-order valence-corrected chi connectivity index (χ2v) is 10.1. The van der Waals surface area contributed by atoms with E-state index in [-0.39, 0.29) is 0 Å². The Morgan fingerprint density at radius 3 is 0.915 bits per heavy atom. The van der Waals surface area contributed by atoms with Gasteiger partial charge in [-0.15, -0.1) is 0 Å². The molecular weight excluding hydrogens is 618 g/mol. The van der Waals surface area contributed by atoms with Crippen LogP contribution in [0.2, 0.25) is 0 Å². The molecule has 0 saturated heterocycles. The Hall–Kier alpha value is -1.79. The summed E-state index contributed by atoms with van der Waals surface area (Å²) in [7, 11) is 4.04. The van der Waals surface area contributed by atoms with Crippen LogP contribution in [0.25, 0.3) is 0 Å². The van der Waals surface area contributed by atoms with E-state index in [4.69, 9.17) is 56.8 Å². The van der Waals surface area contributed by atoms with Gasteiger partial charge in [0.2, 0.25) is 0 Å². The highest BCUT2D eigenvalue weighted by Crippen LogP contribution is 2.10. The Kier molecular flexibility index (Phi) is 32.7. The van der Waals surface area contributed by atoms with Crippen LogP contribution in [0.1, 0.15) is 10.4 Å². The second kappa shape index (κ2) is 35.5. The van der Waals surface area contributed by atoms with E-state index < -0.39 is 0 Å². The molecule has 0 aromatic heterocycles. The maximum atomic E-state index is 10.6. The van der Waals surface area contributed by atoms with E-state index >= 15 is 0 Å². The summed E-state index contributed by atoms with van der Waals surface area (Å²) in [6, 6.07) is 6.94. The molecule has 0 unspecified atom stereocenters. The van der Waals surface area contributed by atoms with Crippen molar-refractivity contribution in [2.75, 3.05) is 173 Å². The zero-order valence-corrected chi connectivity index (χ0v) is 28.6. The summed E-state index contributed by atoms with van der Waals surface area (Å²) in [6.45, 7) is 12.8. The summed E-state index contributed by atoms with van der Waals surface area (Å²) >= 11 is 0. The zero-order valence-electron chi connectivity index (χ0n) is 28.6. The number of hydrogen-bond acceptors (Lipinski definition) is 14. The monoisotopic (exact) mass is 677 g/mol. The van der Waals surface area contributed by atoms with Crippen molar-refractivity contribution in [3.8, 4) is 5.75 Å². The van der Waals surface area contributed by atoms with Crippen LogP contribution in [-0.2, 0) is 52.1 Å². The smallest absolute Gasteiger partial charge is 0.150 e. The summed E-state index contributed by atoms with van der Waals surface area (Å²) in [4.78, 5) is 12.7. The lowest BCUT2D eigenvalue weighted by Crippen LogP contribution is -2.19. The Labute approximate surface area is 281 Å². The van der Waals surface area contributed by atoms with E-state index in [1.165, 1.54) is 0 Å². The van der Waals surface area contributed by atoms with Crippen LogP contribution in [0.4, 0.5) is 0 Å². The van der Waals surface area contributed by atoms with Gasteiger partial charge in [-0.1, -0.05) is 0 Å². The first kappa shape index (κ1) is 43.2. The van der Waals surface area contributed by atoms with Crippen molar-refractivity contribution in [3.05, 3.63) is 29.8 Å². The standard InChI is InChI=1S/C33H59NO13/c1-34(2)7-8-36-9-10-37-11-12-38-13-14-39-15-16-40-17-18-41-19-20-42-21-22-43-23-24-44-25-26-45-27-28-46-29-30-47-33-5-3-32(31-35)4-6-33/h3-6,31H,7-30H2,1-2H3. The van der Waals surface area contributed by atoms with Gasteiger partial charge in [-0.05, 0) is 38.4 Å². The van der Waals surface area contributed by atoms with Gasteiger partial charge in [-0.25, -0.2) is 0 Å². The fourth-order valence-corrected chi connectivity index (χ4v) is 3.41. The van der Waals surface area contributed by atoms with Gasteiger partial charge in [0, 0.05) is 12.1 Å². The molecule has 0 amide bonds. The third kappa shape index (κ3) is 32.5. The molecule has 0 aliphatic heterocycles. The van der Waals surface area contributed by atoms with E-state index in [0.717, 1.165) is 12.8 Å². The number of benzene rings is 1. The summed E-state index contributed by atoms with van der Waals surface area (Å²) in [5, 5.41) is 0. The van der Waals surface area contributed by atoms with Gasteiger partial charge in [0.05, 0.1) is 145 Å². The highest BCUT2D eigenvalue weighted by atomic mass is 16.6. The zero-order chi connectivity index (χ0) is 33.7. The molecule has 14 heteroatoms. The quantitative estimate of drug-likeness (QED) is 0.0742. The maximum absolute atomic E-state index is 10.6. The third-order valence-corrected chi connectivity index (χ3v) is 5.92. The molecule has 0 heterocycles. The van der Waals surface area contributed by atoms with Crippen molar-refractivity contribution < 1.29 is 61.6 Å². The van der Waals surface area contributed by atoms with Crippen molar-refractivity contribution in [3.63, 3.8) is 0 Å². The van der Waals surface area contributed by atoms with Crippen molar-refractivity contribution in [2.45, 2.75) is 0 Å². The molecule has 0 fully saturated rings. The number of carbonyl (C=O) groups excluding carboxylic acids is 1. The van der Waals surface area contributed by atoms with Crippen molar-refractivity contribution in [1.29, 1.82) is 0 Å². The van der Waals surface area contributed by atoms with Crippen LogP contribution < -0.4 is 4.74 Å². The highest BCUT2D eigenvalue weighted by Gasteiger charge is 1.98. The highest BCUT2D eigenvalue weighted by molar-refractivity contribution is 5.74. The summed E-state index contributed by atoms with van der Waals surface area (Å²) < 4.78 is 65.7. The van der Waals surface area contributed by atoms with Gasteiger partial charge in [0.25, 0.3) is 0 Å². The minimum Gasteiger partial charge on any atom is -0.491 e. The Morgan fingerprint density at radius 2 is 0.660 bits per heavy atom. The van der Waals surface area contributed by atoms with Crippen LogP contribution in [0.3, 0.4) is 0 Å². The van der Waals surface area contributed by atoms with Gasteiger partial charge in [0.1, 0.15) is 18.6 Å². The average molecular weight is 678 g/mol. The van der Waals surface area contributed by atoms with E-state index in [1.54, 1.807) is 24.3 Å². The molecule has 0 atom stereocenters. The molecule has 0 saturated carbocycles. The van der Waals surface area contributed by atoms with Gasteiger partial charge >= 0.3 is 0 Å². The third-order valence-electron chi connectivity index (χ3n) is 5.92. The minimum atomic E-state index is 0.431. The molecule has 0 radical (unpaired) electrons. The number of carbonyl (C=O) groups is 1. The maximum Gasteiger partial charge on any atom is 0.150 e. The van der Waals surface area contributed by atoms with Gasteiger partial charge in [0.15, 0.2) is 0 Å². The van der Waals surface area contributed by atoms with Gasteiger partial charge in [-0.3, -0.25) is 4.79 Å². The van der Waals surface area contributed by atoms with Crippen LogP contribution in [-0.4, -0.2) is 184 Å². The lowest BCUT2D eigenvalue weighted by atomic mass is 10.2. The Morgan fingerprint density at radius 1 is 0.404 bits per heavy atom. The van der Waals surface area contributed by atoms with Crippen molar-refractivity contribution in [2.24, 2.45) is 0 Å². The summed E-state index contributed by atoms with van der Waals surface area (Å²) in [5.41, 5.74) is 0.618. The summed E-state index contributed by atoms with van der Waals surface area (Å²) in [6.07, 6.45) is 0.798. The molecule has 0 bridgehead atoms. The first-order valence-electron chi connectivity index (χ1n) is 16.4. The number of nitrogens with zero attached hydrogens (tertiary/aromatic N) is 1. The molecule has 47 heavy (non-hydrogen) atoms. The first-order chi connectivity index (χ1) is 23.2. The Balaban J connectivity index is 1.63. The predicted molar refractivity (Wildman–Crippen MR) is 175 cm³/mol. The fraction of sp³-hybridized carbons (Fsp3) is 0.788. The molecule has 274 valence electrons. The lowest BCUT2D eigenvalue weighted by molar-refractivity contribution is -0.0278. The van der Waals surface area contributed by atoms with E-state index in [2.05, 4.69) is 4.90 Å².